The van der Waals surface area contributed by atoms with E-state index in [1.165, 1.54) is 6.21 Å². The molecule has 1 aliphatic heterocycles. The second-order valence-corrected chi connectivity index (χ2v) is 1.01. The van der Waals surface area contributed by atoms with Crippen LogP contribution in [0.15, 0.2) is 4.99 Å². The number of hydrogen-bond acceptors (Lipinski definition) is 2. The van der Waals surface area contributed by atoms with Gasteiger partial charge in [0.15, 0.2) is 0 Å². The summed E-state index contributed by atoms with van der Waals surface area (Å²) in [5.41, 5.74) is 0. The lowest BCUT2D eigenvalue weighted by Crippen LogP contribution is -2.15. The molecule has 0 spiro atoms. The predicted octanol–water partition coefficient (Wildman–Crippen LogP) is -0.856. The molecule has 32 valence electrons. The van der Waals surface area contributed by atoms with Crippen LogP contribution in [0.25, 0.3) is 0 Å². The van der Waals surface area contributed by atoms with E-state index in [1.54, 1.807) is 0 Å². The highest BCUT2D eigenvalue weighted by atomic mass is 16.2. The quantitative estimate of drug-likeness (QED) is 0.408. The first kappa shape index (κ1) is 3.33. The molecule has 0 fully saturated rings. The van der Waals surface area contributed by atoms with Crippen LogP contribution in [0.2, 0.25) is 0 Å². The van der Waals surface area contributed by atoms with E-state index in [9.17, 15) is 4.79 Å². The molecular formula is C3H4N2O. The van der Waals surface area contributed by atoms with Crippen LogP contribution in [-0.4, -0.2) is 18.8 Å². The Balaban J connectivity index is 2.59. The third kappa shape index (κ3) is 0.381. The highest BCUT2D eigenvalue weighted by molar-refractivity contribution is 6.27. The topological polar surface area (TPSA) is 41.5 Å². The molecule has 1 aliphatic rings. The molecule has 0 saturated heterocycles. The summed E-state index contributed by atoms with van der Waals surface area (Å²) in [6, 6.07) is 0. The molecule has 3 heteroatoms. The van der Waals surface area contributed by atoms with Gasteiger partial charge in [0.2, 0.25) is 0 Å². The van der Waals surface area contributed by atoms with Crippen LogP contribution in [0.3, 0.4) is 0 Å². The number of carbonyl (C=O) groups is 1. The monoisotopic (exact) mass is 84.0 g/mol. The summed E-state index contributed by atoms with van der Waals surface area (Å²) in [5, 5.41) is 2.46. The summed E-state index contributed by atoms with van der Waals surface area (Å²) in [7, 11) is 0. The molecule has 0 aromatic carbocycles. The Labute approximate surface area is 35.1 Å². The van der Waals surface area contributed by atoms with Crippen molar-refractivity contribution in [1.29, 1.82) is 0 Å². The molecule has 6 heavy (non-hydrogen) atoms. The summed E-state index contributed by atoms with van der Waals surface area (Å²) < 4.78 is 0. The van der Waals surface area contributed by atoms with Gasteiger partial charge in [-0.15, -0.1) is 0 Å². The average Bonchev–Trinajstić information content (AvgIpc) is 1.86. The van der Waals surface area contributed by atoms with Crippen molar-refractivity contribution in [3.8, 4) is 0 Å². The molecule has 1 heterocycles. The van der Waals surface area contributed by atoms with Crippen molar-refractivity contribution >= 4 is 12.1 Å². The zero-order chi connectivity index (χ0) is 4.41. The number of nitrogens with zero attached hydrogens (tertiary/aromatic N) is 1. The Morgan fingerprint density at radius 2 is 2.83 bits per heavy atom. The van der Waals surface area contributed by atoms with Gasteiger partial charge in [0.1, 0.15) is 6.67 Å². The molecule has 0 aromatic rings. The summed E-state index contributed by atoms with van der Waals surface area (Å²) in [6.07, 6.45) is 1.28. The molecule has 1 rings (SSSR count). The van der Waals surface area contributed by atoms with Crippen molar-refractivity contribution in [2.45, 2.75) is 0 Å². The maximum Gasteiger partial charge on any atom is 0.263 e. The molecule has 1 N–H and O–H groups in total. The van der Waals surface area contributed by atoms with E-state index in [-0.39, 0.29) is 5.91 Å². The minimum atomic E-state index is -0.0880. The van der Waals surface area contributed by atoms with Gasteiger partial charge in [-0.05, 0) is 0 Å². The number of amides is 1. The van der Waals surface area contributed by atoms with Gasteiger partial charge in [-0.25, -0.2) is 0 Å². The lowest BCUT2D eigenvalue weighted by atomic mass is 10.7. The smallest absolute Gasteiger partial charge is 0.263 e. The zero-order valence-corrected chi connectivity index (χ0v) is 3.14. The second-order valence-electron chi connectivity index (χ2n) is 1.01. The fourth-order valence-electron chi connectivity index (χ4n) is 0.298. The molecule has 1 amide bonds. The largest absolute Gasteiger partial charge is 0.332 e. The molecule has 0 atom stereocenters. The van der Waals surface area contributed by atoms with Gasteiger partial charge >= 0.3 is 0 Å². The lowest BCUT2D eigenvalue weighted by molar-refractivity contribution is -0.113. The van der Waals surface area contributed by atoms with Gasteiger partial charge in [-0.1, -0.05) is 0 Å². The van der Waals surface area contributed by atoms with E-state index < -0.39 is 0 Å². The minimum Gasteiger partial charge on any atom is -0.332 e. The van der Waals surface area contributed by atoms with E-state index in [0.717, 1.165) is 0 Å². The highest BCUT2D eigenvalue weighted by Gasteiger charge is 1.97. The molecule has 0 aliphatic carbocycles. The third-order valence-electron chi connectivity index (χ3n) is 0.553. The summed E-state index contributed by atoms with van der Waals surface area (Å²) in [4.78, 5) is 13.6. The third-order valence-corrected chi connectivity index (χ3v) is 0.553. The van der Waals surface area contributed by atoms with E-state index in [4.69, 9.17) is 0 Å². The maximum atomic E-state index is 9.98. The molecule has 0 saturated carbocycles. The summed E-state index contributed by atoms with van der Waals surface area (Å²) in [6.45, 7) is 0.457. The molecular weight excluding hydrogens is 80.0 g/mol. The van der Waals surface area contributed by atoms with Crippen molar-refractivity contribution in [2.75, 3.05) is 6.67 Å². The van der Waals surface area contributed by atoms with Crippen molar-refractivity contribution in [3.05, 3.63) is 0 Å². The van der Waals surface area contributed by atoms with Gasteiger partial charge in [0, 0.05) is 0 Å². The molecule has 0 bridgehead atoms. The lowest BCUT2D eigenvalue weighted by Gasteiger charge is -1.78. The first-order chi connectivity index (χ1) is 2.89. The fraction of sp³-hybridized carbons (Fsp3) is 0.333. The normalized spacial score (nSPS) is 18.3. The average molecular weight is 84.1 g/mol. The standard InChI is InChI=1S/C3H4N2O/c6-3-1-4-2-5-3/h1H,2H2,(H,5,6). The molecule has 0 unspecified atom stereocenters. The van der Waals surface area contributed by atoms with Crippen LogP contribution in [0.5, 0.6) is 0 Å². The van der Waals surface area contributed by atoms with Crippen LogP contribution >= 0.6 is 0 Å². The Bertz CT molecular complexity index is 97.0. The Morgan fingerprint density at radius 1 is 2.00 bits per heavy atom. The Morgan fingerprint density at radius 3 is 3.00 bits per heavy atom. The summed E-state index contributed by atoms with van der Waals surface area (Å²) >= 11 is 0. The second kappa shape index (κ2) is 1.08. The Kier molecular flexibility index (Phi) is 0.602. The van der Waals surface area contributed by atoms with Crippen molar-refractivity contribution < 1.29 is 4.79 Å². The molecule has 0 radical (unpaired) electrons. The van der Waals surface area contributed by atoms with Crippen LogP contribution in [-0.2, 0) is 4.79 Å². The van der Waals surface area contributed by atoms with E-state index in [1.807, 2.05) is 0 Å². The van der Waals surface area contributed by atoms with E-state index in [0.29, 0.717) is 6.67 Å². The number of rotatable bonds is 0. The maximum absolute atomic E-state index is 9.98. The first-order valence-corrected chi connectivity index (χ1v) is 1.67. The summed E-state index contributed by atoms with van der Waals surface area (Å²) in [5.74, 6) is -0.0880. The van der Waals surface area contributed by atoms with Crippen molar-refractivity contribution in [3.63, 3.8) is 0 Å². The van der Waals surface area contributed by atoms with Crippen molar-refractivity contribution in [1.82, 2.24) is 5.32 Å². The number of nitrogens with one attached hydrogen (secondary N) is 1. The molecule has 0 aromatic heterocycles. The first-order valence-electron chi connectivity index (χ1n) is 1.67. The van der Waals surface area contributed by atoms with Crippen LogP contribution < -0.4 is 5.32 Å². The van der Waals surface area contributed by atoms with Gasteiger partial charge in [0.25, 0.3) is 5.91 Å². The number of carbonyl (C=O) groups excluding carboxylic acids is 1. The SMILES string of the molecule is O=C1C=NCN1. The number of hydrogen-bond donors (Lipinski definition) is 1. The number of aliphatic imine (C=N–C) groups is 1. The van der Waals surface area contributed by atoms with Crippen LogP contribution in [0, 0.1) is 0 Å². The Hall–Kier alpha value is -0.860. The highest BCUT2D eigenvalue weighted by Crippen LogP contribution is 1.71. The zero-order valence-electron chi connectivity index (χ0n) is 3.14. The van der Waals surface area contributed by atoms with Crippen LogP contribution in [0.1, 0.15) is 0 Å². The van der Waals surface area contributed by atoms with Gasteiger partial charge in [0.05, 0.1) is 6.21 Å². The minimum absolute atomic E-state index is 0.0880. The van der Waals surface area contributed by atoms with Crippen LogP contribution in [0.4, 0.5) is 0 Å². The van der Waals surface area contributed by atoms with Gasteiger partial charge < -0.3 is 5.32 Å². The van der Waals surface area contributed by atoms with E-state index in [2.05, 4.69) is 10.3 Å². The van der Waals surface area contributed by atoms with E-state index >= 15 is 0 Å². The van der Waals surface area contributed by atoms with Crippen molar-refractivity contribution in [2.24, 2.45) is 4.99 Å². The fourth-order valence-corrected chi connectivity index (χ4v) is 0.298. The predicted molar refractivity (Wildman–Crippen MR) is 21.5 cm³/mol. The van der Waals surface area contributed by atoms with Gasteiger partial charge in [-0.3, -0.25) is 9.79 Å². The molecule has 3 nitrogen and oxygen atoms in total. The van der Waals surface area contributed by atoms with Gasteiger partial charge in [-0.2, -0.15) is 0 Å².